The van der Waals surface area contributed by atoms with E-state index in [9.17, 15) is 0 Å². The lowest BCUT2D eigenvalue weighted by Crippen LogP contribution is -2.42. The van der Waals surface area contributed by atoms with E-state index in [4.69, 9.17) is 11.6 Å². The highest BCUT2D eigenvalue weighted by Gasteiger charge is 2.25. The normalized spacial score (nSPS) is 25.9. The molecule has 0 amide bonds. The molecule has 2 atom stereocenters. The molecule has 0 N–H and O–H groups in total. The Balaban J connectivity index is 2.30. The van der Waals surface area contributed by atoms with E-state index in [2.05, 4.69) is 28.7 Å². The van der Waals surface area contributed by atoms with Gasteiger partial charge >= 0.3 is 0 Å². The van der Waals surface area contributed by atoms with Gasteiger partial charge in [0.2, 0.25) is 5.28 Å². The first-order chi connectivity index (χ1) is 7.58. The van der Waals surface area contributed by atoms with Crippen molar-refractivity contribution in [1.29, 1.82) is 0 Å². The Bertz CT molecular complexity index is 381. The molecule has 4 heteroatoms. The number of hydrogen-bond acceptors (Lipinski definition) is 3. The molecule has 1 aromatic heterocycles. The number of hydrogen-bond donors (Lipinski definition) is 0. The summed E-state index contributed by atoms with van der Waals surface area (Å²) in [5, 5.41) is 0.339. The van der Waals surface area contributed by atoms with Crippen molar-refractivity contribution < 1.29 is 0 Å². The predicted octanol–water partition coefficient (Wildman–Crippen LogP) is 3.06. The molecule has 3 nitrogen and oxygen atoms in total. The van der Waals surface area contributed by atoms with Gasteiger partial charge in [0, 0.05) is 24.3 Å². The van der Waals surface area contributed by atoms with Crippen molar-refractivity contribution in [3.8, 4) is 0 Å². The summed E-state index contributed by atoms with van der Waals surface area (Å²) >= 11 is 5.87. The average Bonchev–Trinajstić information content (AvgIpc) is 2.25. The molecule has 0 aliphatic carbocycles. The Morgan fingerprint density at radius 1 is 1.38 bits per heavy atom. The fourth-order valence-corrected chi connectivity index (χ4v) is 2.42. The van der Waals surface area contributed by atoms with Crippen LogP contribution in [0.15, 0.2) is 6.20 Å². The second kappa shape index (κ2) is 4.58. The minimum Gasteiger partial charge on any atom is -0.353 e. The van der Waals surface area contributed by atoms with E-state index in [1.165, 1.54) is 12.8 Å². The van der Waals surface area contributed by atoms with Gasteiger partial charge in [0.25, 0.3) is 0 Å². The minimum atomic E-state index is 0.339. The highest BCUT2D eigenvalue weighted by Crippen LogP contribution is 2.28. The smallest absolute Gasteiger partial charge is 0.224 e. The number of nitrogens with zero attached hydrogens (tertiary/aromatic N) is 3. The molecule has 0 bridgehead atoms. The Morgan fingerprint density at radius 2 is 2.12 bits per heavy atom. The Morgan fingerprint density at radius 3 is 2.88 bits per heavy atom. The second-order valence-corrected chi connectivity index (χ2v) is 5.17. The summed E-state index contributed by atoms with van der Waals surface area (Å²) in [6.45, 7) is 7.64. The van der Waals surface area contributed by atoms with E-state index in [-0.39, 0.29) is 0 Å². The van der Waals surface area contributed by atoms with E-state index in [1.807, 2.05) is 6.92 Å². The summed E-state index contributed by atoms with van der Waals surface area (Å²) in [5.74, 6) is 1.73. The molecule has 2 unspecified atom stereocenters. The summed E-state index contributed by atoms with van der Waals surface area (Å²) in [4.78, 5) is 10.7. The number of halogens is 1. The zero-order valence-electron chi connectivity index (χ0n) is 10.1. The number of aryl methyl sites for hydroxylation is 1. The molecular formula is C12H18ClN3. The largest absolute Gasteiger partial charge is 0.353 e. The van der Waals surface area contributed by atoms with Crippen LogP contribution in [0.1, 0.15) is 32.3 Å². The van der Waals surface area contributed by atoms with E-state index < -0.39 is 0 Å². The van der Waals surface area contributed by atoms with Gasteiger partial charge in [-0.15, -0.1) is 0 Å². The molecule has 0 spiro atoms. The standard InChI is InChI=1S/C12H18ClN3/c1-8-4-5-10(3)16(7-8)11-9(2)6-14-12(13)15-11/h6,8,10H,4-5,7H2,1-3H3. The lowest BCUT2D eigenvalue weighted by atomic mass is 9.95. The molecular weight excluding hydrogens is 222 g/mol. The molecule has 1 aromatic rings. The van der Waals surface area contributed by atoms with Crippen LogP contribution in [0.4, 0.5) is 5.82 Å². The van der Waals surface area contributed by atoms with Gasteiger partial charge in [0.1, 0.15) is 5.82 Å². The topological polar surface area (TPSA) is 29.0 Å². The number of rotatable bonds is 1. The van der Waals surface area contributed by atoms with Crippen LogP contribution < -0.4 is 4.90 Å². The highest BCUT2D eigenvalue weighted by atomic mass is 35.5. The van der Waals surface area contributed by atoms with E-state index in [0.29, 0.717) is 11.3 Å². The van der Waals surface area contributed by atoms with Crippen LogP contribution >= 0.6 is 11.6 Å². The molecule has 0 aromatic carbocycles. The number of piperidine rings is 1. The monoisotopic (exact) mass is 239 g/mol. The summed E-state index contributed by atoms with van der Waals surface area (Å²) in [7, 11) is 0. The van der Waals surface area contributed by atoms with Gasteiger partial charge in [-0.25, -0.2) is 9.97 Å². The van der Waals surface area contributed by atoms with Gasteiger partial charge in [-0.2, -0.15) is 0 Å². The maximum Gasteiger partial charge on any atom is 0.224 e. The van der Waals surface area contributed by atoms with Crippen molar-refractivity contribution in [2.24, 2.45) is 5.92 Å². The molecule has 0 saturated carbocycles. The van der Waals surface area contributed by atoms with Gasteiger partial charge < -0.3 is 4.90 Å². The molecule has 2 rings (SSSR count). The maximum absolute atomic E-state index is 5.87. The third-order valence-corrected chi connectivity index (χ3v) is 3.49. The lowest BCUT2D eigenvalue weighted by molar-refractivity contribution is 0.387. The Kier molecular flexibility index (Phi) is 3.33. The summed E-state index contributed by atoms with van der Waals surface area (Å²) in [5.41, 5.74) is 1.10. The first kappa shape index (κ1) is 11.6. The van der Waals surface area contributed by atoms with Crippen molar-refractivity contribution in [3.63, 3.8) is 0 Å². The lowest BCUT2D eigenvalue weighted by Gasteiger charge is -2.38. The molecule has 1 aliphatic heterocycles. The van der Waals surface area contributed by atoms with Crippen molar-refractivity contribution >= 4 is 17.4 Å². The third kappa shape index (κ3) is 2.29. The van der Waals surface area contributed by atoms with Crippen LogP contribution in [0.3, 0.4) is 0 Å². The van der Waals surface area contributed by atoms with Crippen LogP contribution in [0.25, 0.3) is 0 Å². The van der Waals surface area contributed by atoms with Crippen LogP contribution in [0.2, 0.25) is 5.28 Å². The fourth-order valence-electron chi connectivity index (χ4n) is 2.29. The maximum atomic E-state index is 5.87. The van der Waals surface area contributed by atoms with Crippen molar-refractivity contribution in [2.75, 3.05) is 11.4 Å². The fraction of sp³-hybridized carbons (Fsp3) is 0.667. The molecule has 2 heterocycles. The SMILES string of the molecule is Cc1cnc(Cl)nc1N1CC(C)CCC1C. The predicted molar refractivity (Wildman–Crippen MR) is 67.0 cm³/mol. The molecule has 1 aliphatic rings. The van der Waals surface area contributed by atoms with Crippen LogP contribution in [0.5, 0.6) is 0 Å². The van der Waals surface area contributed by atoms with E-state index in [0.717, 1.165) is 23.8 Å². The molecule has 88 valence electrons. The minimum absolute atomic E-state index is 0.339. The average molecular weight is 240 g/mol. The van der Waals surface area contributed by atoms with Gasteiger partial charge in [-0.05, 0) is 44.2 Å². The molecule has 16 heavy (non-hydrogen) atoms. The van der Waals surface area contributed by atoms with Crippen molar-refractivity contribution in [1.82, 2.24) is 9.97 Å². The zero-order chi connectivity index (χ0) is 11.7. The van der Waals surface area contributed by atoms with E-state index >= 15 is 0 Å². The van der Waals surface area contributed by atoms with Crippen LogP contribution in [-0.2, 0) is 0 Å². The van der Waals surface area contributed by atoms with Gasteiger partial charge in [-0.3, -0.25) is 0 Å². The second-order valence-electron chi connectivity index (χ2n) is 4.83. The first-order valence-electron chi connectivity index (χ1n) is 5.83. The number of aromatic nitrogens is 2. The quantitative estimate of drug-likeness (QED) is 0.706. The van der Waals surface area contributed by atoms with Crippen LogP contribution in [0, 0.1) is 12.8 Å². The van der Waals surface area contributed by atoms with Gasteiger partial charge in [0.05, 0.1) is 0 Å². The highest BCUT2D eigenvalue weighted by molar-refractivity contribution is 6.28. The summed E-state index contributed by atoms with van der Waals surface area (Å²) in [6, 6.07) is 0.542. The Labute approximate surface area is 102 Å². The third-order valence-electron chi connectivity index (χ3n) is 3.31. The zero-order valence-corrected chi connectivity index (χ0v) is 10.8. The van der Waals surface area contributed by atoms with Crippen molar-refractivity contribution in [3.05, 3.63) is 17.0 Å². The summed E-state index contributed by atoms with van der Waals surface area (Å²) < 4.78 is 0. The molecule has 1 saturated heterocycles. The Hall–Kier alpha value is -0.830. The van der Waals surface area contributed by atoms with E-state index in [1.54, 1.807) is 6.20 Å². The van der Waals surface area contributed by atoms with Crippen molar-refractivity contribution in [2.45, 2.75) is 39.7 Å². The first-order valence-corrected chi connectivity index (χ1v) is 6.21. The molecule has 1 fully saturated rings. The summed E-state index contributed by atoms with van der Waals surface area (Å²) in [6.07, 6.45) is 4.33. The molecule has 0 radical (unpaired) electrons. The van der Waals surface area contributed by atoms with Crippen LogP contribution in [-0.4, -0.2) is 22.6 Å². The number of anilines is 1. The van der Waals surface area contributed by atoms with Gasteiger partial charge in [0.15, 0.2) is 0 Å². The van der Waals surface area contributed by atoms with Gasteiger partial charge in [-0.1, -0.05) is 6.92 Å².